The molecule has 5 aromatic rings. The molecule has 2 N–H and O–H groups in total. The smallest absolute Gasteiger partial charge is 0.410 e. The Balaban J connectivity index is 1.15. The van der Waals surface area contributed by atoms with E-state index in [1.54, 1.807) is 6.07 Å². The third-order valence-electron chi connectivity index (χ3n) is 11.4. The van der Waals surface area contributed by atoms with Gasteiger partial charge in [0.1, 0.15) is 5.69 Å². The van der Waals surface area contributed by atoms with Crippen LogP contribution < -0.4 is 5.32 Å². The lowest BCUT2D eigenvalue weighted by atomic mass is 9.87. The van der Waals surface area contributed by atoms with E-state index in [9.17, 15) is 9.59 Å². The van der Waals surface area contributed by atoms with Crippen molar-refractivity contribution in [3.8, 4) is 22.5 Å². The molecule has 3 aromatic carbocycles. The van der Waals surface area contributed by atoms with E-state index in [0.29, 0.717) is 27.4 Å². The van der Waals surface area contributed by atoms with Gasteiger partial charge in [0.15, 0.2) is 0 Å². The number of aromatic nitrogens is 3. The maximum Gasteiger partial charge on any atom is 0.410 e. The van der Waals surface area contributed by atoms with Crippen LogP contribution in [0.2, 0.25) is 15.1 Å². The molecule has 0 spiro atoms. The highest BCUT2D eigenvalue weighted by molar-refractivity contribution is 6.35. The van der Waals surface area contributed by atoms with Crippen molar-refractivity contribution < 1.29 is 14.3 Å². The van der Waals surface area contributed by atoms with Crippen molar-refractivity contribution >= 4 is 57.7 Å². The predicted octanol–water partition coefficient (Wildman–Crippen LogP) is 9.62. The third-order valence-corrected chi connectivity index (χ3v) is 12.2. The molecule has 2 amide bonds. The number of halogens is 3. The van der Waals surface area contributed by atoms with Gasteiger partial charge in [0.25, 0.3) is 5.91 Å². The molecule has 0 radical (unpaired) electrons. The number of cyclic esters (lactones) is 1. The minimum Gasteiger partial charge on any atom is -0.449 e. The lowest BCUT2D eigenvalue weighted by Gasteiger charge is -2.45. The number of H-pyrrole nitrogens is 1. The van der Waals surface area contributed by atoms with Crippen molar-refractivity contribution in [2.24, 2.45) is 0 Å². The number of nitrogens with one attached hydrogen (secondary N) is 2. The molecule has 8 rings (SSSR count). The van der Waals surface area contributed by atoms with E-state index < -0.39 is 0 Å². The minimum atomic E-state index is -0.245. The maximum absolute atomic E-state index is 14.8. The number of hydrogen-bond donors (Lipinski definition) is 2. The number of rotatable bonds is 8. The first-order chi connectivity index (χ1) is 25.8. The fourth-order valence-corrected chi connectivity index (χ4v) is 9.41. The number of carbonyl (C=O) groups excluding carboxylic acids is 2. The molecule has 9 nitrogen and oxygen atoms in total. The number of piperidine rings is 1. The molecule has 1 saturated carbocycles. The fraction of sp³-hybridized carbons (Fsp3) is 0.390. The van der Waals surface area contributed by atoms with Gasteiger partial charge in [-0.2, -0.15) is 0 Å². The van der Waals surface area contributed by atoms with Crippen LogP contribution in [-0.2, 0) is 4.74 Å². The Morgan fingerprint density at radius 1 is 0.925 bits per heavy atom. The van der Waals surface area contributed by atoms with Gasteiger partial charge < -0.3 is 24.5 Å². The predicted molar refractivity (Wildman–Crippen MR) is 211 cm³/mol. The summed E-state index contributed by atoms with van der Waals surface area (Å²) in [5, 5.41) is 6.06. The first kappa shape index (κ1) is 36.0. The second-order valence-electron chi connectivity index (χ2n) is 14.5. The molecule has 2 aromatic heterocycles. The summed E-state index contributed by atoms with van der Waals surface area (Å²) in [6.45, 7) is 5.11. The van der Waals surface area contributed by atoms with Gasteiger partial charge in [-0.3, -0.25) is 9.69 Å². The molecule has 276 valence electrons. The van der Waals surface area contributed by atoms with Crippen LogP contribution >= 0.6 is 34.8 Å². The molecule has 3 fully saturated rings. The van der Waals surface area contributed by atoms with E-state index >= 15 is 0 Å². The molecular weight excluding hydrogens is 731 g/mol. The Morgan fingerprint density at radius 3 is 2.45 bits per heavy atom. The lowest BCUT2D eigenvalue weighted by Crippen LogP contribution is -2.57. The number of benzene rings is 3. The highest BCUT2D eigenvalue weighted by atomic mass is 35.5. The molecule has 1 aliphatic carbocycles. The Hall–Kier alpha value is -4.02. The number of carbonyl (C=O) groups is 2. The van der Waals surface area contributed by atoms with Crippen molar-refractivity contribution in [1.82, 2.24) is 29.7 Å². The summed E-state index contributed by atoms with van der Waals surface area (Å²) in [6, 6.07) is 21.4. The summed E-state index contributed by atoms with van der Waals surface area (Å²) in [5.74, 6) is -0.167. The third kappa shape index (κ3) is 7.17. The summed E-state index contributed by atoms with van der Waals surface area (Å²) in [5.41, 5.74) is 5.34. The average Bonchev–Trinajstić information content (AvgIpc) is 3.77. The molecule has 0 bridgehead atoms. The molecule has 53 heavy (non-hydrogen) atoms. The van der Waals surface area contributed by atoms with Crippen molar-refractivity contribution in [3.05, 3.63) is 99.4 Å². The van der Waals surface area contributed by atoms with Crippen molar-refractivity contribution in [3.63, 3.8) is 0 Å². The van der Waals surface area contributed by atoms with Crippen molar-refractivity contribution in [1.29, 1.82) is 0 Å². The second kappa shape index (κ2) is 15.4. The van der Waals surface area contributed by atoms with Gasteiger partial charge in [0.05, 0.1) is 30.4 Å². The second-order valence-corrected chi connectivity index (χ2v) is 15.8. The van der Waals surface area contributed by atoms with E-state index in [2.05, 4.69) is 26.7 Å². The van der Waals surface area contributed by atoms with Gasteiger partial charge in [-0.05, 0) is 68.9 Å². The molecule has 3 atom stereocenters. The number of aromatic amines is 1. The van der Waals surface area contributed by atoms with Crippen LogP contribution in [0.3, 0.4) is 0 Å². The largest absolute Gasteiger partial charge is 0.449 e. The van der Waals surface area contributed by atoms with Crippen LogP contribution in [0.1, 0.15) is 74.0 Å². The number of likely N-dealkylation sites (tertiary alicyclic amines) is 1. The Bertz CT molecular complexity index is 2130. The normalized spacial score (nSPS) is 20.8. The van der Waals surface area contributed by atoms with E-state index in [4.69, 9.17) is 44.5 Å². The zero-order valence-corrected chi connectivity index (χ0v) is 31.9. The molecule has 4 heterocycles. The van der Waals surface area contributed by atoms with Gasteiger partial charge in [-0.1, -0.05) is 90.1 Å². The van der Waals surface area contributed by atoms with Crippen molar-refractivity contribution in [2.45, 2.75) is 76.0 Å². The van der Waals surface area contributed by atoms with E-state index in [1.165, 1.54) is 0 Å². The fourth-order valence-electron chi connectivity index (χ4n) is 8.67. The van der Waals surface area contributed by atoms with Crippen LogP contribution in [-0.4, -0.2) is 80.7 Å². The van der Waals surface area contributed by atoms with Crippen LogP contribution in [0, 0.1) is 0 Å². The van der Waals surface area contributed by atoms with Crippen LogP contribution in [0.15, 0.2) is 73.1 Å². The summed E-state index contributed by atoms with van der Waals surface area (Å²) in [7, 11) is 0. The molecular formula is C41H43Cl3N6O3. The first-order valence-electron chi connectivity index (χ1n) is 18.6. The topological polar surface area (TPSA) is 95.5 Å². The van der Waals surface area contributed by atoms with E-state index in [1.807, 2.05) is 71.9 Å². The van der Waals surface area contributed by atoms with Crippen LogP contribution in [0.25, 0.3) is 33.4 Å². The molecule has 12 heteroatoms. The SMILES string of the molecule is C[C@@H](c1ccc(Cl)cc1Cl)n1cnc(-c2ccccc2)c1-c1c(C(=O)N[C@H]2CCCC[C@@H]2N2CCC(N3CCCOC3=O)CC2)[nH]c2cc(Cl)ccc12. The van der Waals surface area contributed by atoms with Crippen LogP contribution in [0.5, 0.6) is 0 Å². The highest BCUT2D eigenvalue weighted by Crippen LogP contribution is 2.42. The van der Waals surface area contributed by atoms with Gasteiger partial charge >= 0.3 is 6.09 Å². The van der Waals surface area contributed by atoms with E-state index in [-0.39, 0.29) is 36.2 Å². The van der Waals surface area contributed by atoms with Gasteiger partial charge in [0, 0.05) is 74.9 Å². The number of ether oxygens (including phenoxy) is 1. The van der Waals surface area contributed by atoms with Gasteiger partial charge in [-0.15, -0.1) is 0 Å². The number of fused-ring (bicyclic) bond motifs is 1. The number of amides is 2. The molecule has 0 unspecified atom stereocenters. The highest BCUT2D eigenvalue weighted by Gasteiger charge is 2.37. The molecule has 2 saturated heterocycles. The average molecular weight is 774 g/mol. The Morgan fingerprint density at radius 2 is 1.68 bits per heavy atom. The van der Waals surface area contributed by atoms with E-state index in [0.717, 1.165) is 104 Å². The Labute approximate surface area is 324 Å². The minimum absolute atomic E-state index is 0.0269. The van der Waals surface area contributed by atoms with Gasteiger partial charge in [-0.25, -0.2) is 9.78 Å². The monoisotopic (exact) mass is 772 g/mol. The molecule has 3 aliphatic rings. The zero-order valence-electron chi connectivity index (χ0n) is 29.7. The number of imidazole rings is 1. The van der Waals surface area contributed by atoms with Gasteiger partial charge in [0.2, 0.25) is 0 Å². The number of hydrogen-bond acceptors (Lipinski definition) is 5. The molecule has 2 aliphatic heterocycles. The summed E-state index contributed by atoms with van der Waals surface area (Å²) in [4.78, 5) is 40.1. The number of nitrogens with zero attached hydrogens (tertiary/aromatic N) is 4. The Kier molecular flexibility index (Phi) is 10.4. The summed E-state index contributed by atoms with van der Waals surface area (Å²) >= 11 is 19.6. The van der Waals surface area contributed by atoms with Crippen LogP contribution in [0.4, 0.5) is 4.79 Å². The standard InChI is InChI=1S/C41H43Cl3N6O3/c1-25(30-14-12-27(42)22-32(30)44)50-24-45-37(26-8-3-2-4-9-26)39(50)36-31-15-13-28(43)23-34(31)46-38(36)40(51)47-33-10-5-6-11-35(33)48-19-16-29(17-20-48)49-18-7-21-53-41(49)52/h2-4,8-9,12-15,22-25,29,33,35,46H,5-7,10-11,16-21H2,1H3,(H,47,51)/t25-,33-,35-/m0/s1. The zero-order chi connectivity index (χ0) is 36.6. The van der Waals surface area contributed by atoms with Crippen molar-refractivity contribution in [2.75, 3.05) is 26.2 Å². The quantitative estimate of drug-likeness (QED) is 0.164. The first-order valence-corrected chi connectivity index (χ1v) is 19.8. The maximum atomic E-state index is 14.8. The summed E-state index contributed by atoms with van der Waals surface area (Å²) < 4.78 is 7.43. The lowest BCUT2D eigenvalue weighted by molar-refractivity contribution is 0.0237. The summed E-state index contributed by atoms with van der Waals surface area (Å²) in [6.07, 6.45) is 8.42.